The Morgan fingerprint density at radius 2 is 1.50 bits per heavy atom. The largest absolute Gasteiger partial charge is 0.368 e. The average molecular weight is 436 g/mol. The van der Waals surface area contributed by atoms with E-state index in [2.05, 4.69) is 0 Å². The summed E-state index contributed by atoms with van der Waals surface area (Å²) in [6.07, 6.45) is -3.13. The van der Waals surface area contributed by atoms with E-state index in [4.69, 9.17) is 23.1 Å². The van der Waals surface area contributed by atoms with Crippen molar-refractivity contribution in [1.29, 1.82) is 0 Å². The van der Waals surface area contributed by atoms with Gasteiger partial charge in [-0.05, 0) is 11.1 Å². The first-order valence-electron chi connectivity index (χ1n) is 9.55. The molecule has 162 valence electrons. The van der Waals surface area contributed by atoms with Gasteiger partial charge in [0.25, 0.3) is 10.1 Å². The van der Waals surface area contributed by atoms with Crippen molar-refractivity contribution in [3.05, 3.63) is 71.8 Å². The lowest BCUT2D eigenvalue weighted by Gasteiger charge is -2.43. The van der Waals surface area contributed by atoms with Crippen LogP contribution in [0.5, 0.6) is 0 Å². The maximum Gasteiger partial charge on any atom is 0.264 e. The van der Waals surface area contributed by atoms with Gasteiger partial charge in [-0.3, -0.25) is 4.18 Å². The average Bonchev–Trinajstić information content (AvgIpc) is 3.08. The van der Waals surface area contributed by atoms with Gasteiger partial charge in [-0.15, -0.1) is 0 Å². The van der Waals surface area contributed by atoms with Crippen LogP contribution < -0.4 is 0 Å². The van der Waals surface area contributed by atoms with Crippen LogP contribution in [-0.4, -0.2) is 56.8 Å². The van der Waals surface area contributed by atoms with E-state index in [1.165, 1.54) is 0 Å². The van der Waals surface area contributed by atoms with Crippen LogP contribution in [0.3, 0.4) is 0 Å². The summed E-state index contributed by atoms with van der Waals surface area (Å²) in [6, 6.07) is 18.9. The predicted octanol–water partition coefficient (Wildman–Crippen LogP) is 1.58. The fourth-order valence-electron chi connectivity index (χ4n) is 3.57. The minimum absolute atomic E-state index is 0.170. The van der Waals surface area contributed by atoms with Gasteiger partial charge < -0.3 is 24.1 Å². The Labute approximate surface area is 175 Å². The lowest BCUT2D eigenvalue weighted by Crippen LogP contribution is -2.63. The highest BCUT2D eigenvalue weighted by molar-refractivity contribution is 7.86. The molecule has 2 aromatic carbocycles. The Kier molecular flexibility index (Phi) is 6.21. The Hall–Kier alpha value is -1.85. The molecule has 0 radical (unpaired) electrons. The molecule has 0 saturated carbocycles. The molecule has 2 bridgehead atoms. The normalized spacial score (nSPS) is 31.0. The van der Waals surface area contributed by atoms with Crippen molar-refractivity contribution in [2.75, 3.05) is 12.9 Å². The number of fused-ring (bicyclic) bond motifs is 2. The third kappa shape index (κ3) is 4.89. The second-order valence-corrected chi connectivity index (χ2v) is 8.99. The molecule has 5 atom stereocenters. The molecule has 4 rings (SSSR count). The molecular formula is C21H24O8S. The Bertz CT molecular complexity index is 936. The molecule has 2 aromatic rings. The van der Waals surface area contributed by atoms with E-state index in [1.54, 1.807) is 0 Å². The second-order valence-electron chi connectivity index (χ2n) is 7.39. The highest BCUT2D eigenvalue weighted by atomic mass is 32.2. The van der Waals surface area contributed by atoms with E-state index in [0.29, 0.717) is 0 Å². The number of benzene rings is 2. The van der Waals surface area contributed by atoms with E-state index < -0.39 is 40.5 Å². The van der Waals surface area contributed by atoms with Gasteiger partial charge in [0.1, 0.15) is 18.8 Å². The Morgan fingerprint density at radius 1 is 0.967 bits per heavy atom. The van der Waals surface area contributed by atoms with Crippen molar-refractivity contribution < 1.29 is 36.7 Å². The van der Waals surface area contributed by atoms with Gasteiger partial charge in [0, 0.05) is 0 Å². The highest BCUT2D eigenvalue weighted by Gasteiger charge is 2.62. The van der Waals surface area contributed by atoms with Crippen molar-refractivity contribution in [2.45, 2.75) is 43.6 Å². The van der Waals surface area contributed by atoms with Crippen molar-refractivity contribution in [3.63, 3.8) is 0 Å². The Morgan fingerprint density at radius 3 is 2.03 bits per heavy atom. The smallest absolute Gasteiger partial charge is 0.264 e. The molecular weight excluding hydrogens is 412 g/mol. The standard InChI is InChI=1S/C21H24O8S/c1-30(23,24)29-19-17(25-12-15-8-4-2-5-9-15)18(20-27-14-21(19,22)28-20)26-13-16-10-6-3-7-11-16/h2-11,17-20,22H,12-14H2,1H3/t17-,18-,19+,20+,21+/m1/s1. The summed E-state index contributed by atoms with van der Waals surface area (Å²) in [4.78, 5) is 0. The molecule has 2 saturated heterocycles. The zero-order chi connectivity index (χ0) is 21.2. The number of rotatable bonds is 8. The second kappa shape index (κ2) is 8.72. The topological polar surface area (TPSA) is 101 Å². The molecule has 0 aromatic heterocycles. The summed E-state index contributed by atoms with van der Waals surface area (Å²) in [5, 5.41) is 10.8. The number of hydrogen-bond donors (Lipinski definition) is 1. The quantitative estimate of drug-likeness (QED) is 0.623. The number of ether oxygens (including phenoxy) is 4. The number of aliphatic hydroxyl groups is 1. The predicted molar refractivity (Wildman–Crippen MR) is 106 cm³/mol. The van der Waals surface area contributed by atoms with Crippen LogP contribution in [0.25, 0.3) is 0 Å². The molecule has 0 unspecified atom stereocenters. The van der Waals surface area contributed by atoms with Crippen molar-refractivity contribution >= 4 is 10.1 Å². The summed E-state index contributed by atoms with van der Waals surface area (Å²) >= 11 is 0. The van der Waals surface area contributed by atoms with Crippen LogP contribution in [0.15, 0.2) is 60.7 Å². The summed E-state index contributed by atoms with van der Waals surface area (Å²) in [7, 11) is -3.92. The molecule has 1 N–H and O–H groups in total. The first kappa shape index (κ1) is 21.4. The van der Waals surface area contributed by atoms with E-state index in [9.17, 15) is 13.5 Å². The molecule has 9 heteroatoms. The van der Waals surface area contributed by atoms with Crippen molar-refractivity contribution in [2.24, 2.45) is 0 Å². The van der Waals surface area contributed by atoms with Gasteiger partial charge in [-0.2, -0.15) is 8.42 Å². The molecule has 0 amide bonds. The highest BCUT2D eigenvalue weighted by Crippen LogP contribution is 2.40. The van der Waals surface area contributed by atoms with Crippen LogP contribution in [-0.2, 0) is 46.5 Å². The fraction of sp³-hybridized carbons (Fsp3) is 0.429. The van der Waals surface area contributed by atoms with Crippen molar-refractivity contribution in [1.82, 2.24) is 0 Å². The minimum atomic E-state index is -3.92. The maximum absolute atomic E-state index is 11.9. The van der Waals surface area contributed by atoms with Gasteiger partial charge in [0.2, 0.25) is 5.79 Å². The van der Waals surface area contributed by atoms with Gasteiger partial charge in [0.15, 0.2) is 12.4 Å². The van der Waals surface area contributed by atoms with E-state index in [1.807, 2.05) is 60.7 Å². The van der Waals surface area contributed by atoms with Gasteiger partial charge in [0.05, 0.1) is 19.5 Å². The third-order valence-electron chi connectivity index (χ3n) is 4.96. The third-order valence-corrected chi connectivity index (χ3v) is 5.52. The molecule has 2 aliphatic heterocycles. The van der Waals surface area contributed by atoms with Crippen LogP contribution in [0, 0.1) is 0 Å². The number of hydrogen-bond acceptors (Lipinski definition) is 8. The SMILES string of the molecule is CS(=O)(=O)O[C@H]1[C@H](OCc2ccccc2)[C@@H](OCc2ccccc2)[C@H]2OC[C@]1(O)O2. The molecule has 2 fully saturated rings. The van der Waals surface area contributed by atoms with Gasteiger partial charge in [-0.25, -0.2) is 0 Å². The monoisotopic (exact) mass is 436 g/mol. The maximum atomic E-state index is 11.9. The van der Waals surface area contributed by atoms with Crippen molar-refractivity contribution in [3.8, 4) is 0 Å². The lowest BCUT2D eigenvalue weighted by molar-refractivity contribution is -0.329. The van der Waals surface area contributed by atoms with Crippen LogP contribution >= 0.6 is 0 Å². The molecule has 8 nitrogen and oxygen atoms in total. The molecule has 0 aliphatic carbocycles. The van der Waals surface area contributed by atoms with Crippen LogP contribution in [0.1, 0.15) is 11.1 Å². The van der Waals surface area contributed by atoms with E-state index >= 15 is 0 Å². The van der Waals surface area contributed by atoms with E-state index in [0.717, 1.165) is 17.4 Å². The van der Waals surface area contributed by atoms with E-state index in [-0.39, 0.29) is 19.8 Å². The summed E-state index contributed by atoms with van der Waals surface area (Å²) in [6.45, 7) is 0.140. The summed E-state index contributed by atoms with van der Waals surface area (Å²) in [5.74, 6) is -1.96. The first-order chi connectivity index (χ1) is 14.3. The Balaban J connectivity index is 1.59. The lowest BCUT2D eigenvalue weighted by atomic mass is 9.97. The zero-order valence-electron chi connectivity index (χ0n) is 16.4. The van der Waals surface area contributed by atoms with Gasteiger partial charge >= 0.3 is 0 Å². The van der Waals surface area contributed by atoms with Crippen LogP contribution in [0.4, 0.5) is 0 Å². The molecule has 0 spiro atoms. The minimum Gasteiger partial charge on any atom is -0.368 e. The molecule has 30 heavy (non-hydrogen) atoms. The molecule has 2 heterocycles. The first-order valence-corrected chi connectivity index (χ1v) is 11.4. The summed E-state index contributed by atoms with van der Waals surface area (Å²) < 4.78 is 52.2. The zero-order valence-corrected chi connectivity index (χ0v) is 17.2. The summed E-state index contributed by atoms with van der Waals surface area (Å²) in [5.41, 5.74) is 1.79. The fourth-order valence-corrected chi connectivity index (χ4v) is 4.21. The molecule has 2 aliphatic rings. The van der Waals surface area contributed by atoms with Gasteiger partial charge in [-0.1, -0.05) is 60.7 Å². The van der Waals surface area contributed by atoms with Crippen LogP contribution in [0.2, 0.25) is 0 Å².